The highest BCUT2D eigenvalue weighted by Crippen LogP contribution is 2.34. The first-order chi connectivity index (χ1) is 19.6. The fraction of sp³-hybridized carbons (Fsp3) is 0.250. The summed E-state index contributed by atoms with van der Waals surface area (Å²) in [4.78, 5) is 17.6. The second kappa shape index (κ2) is 11.3. The van der Waals surface area contributed by atoms with Crippen LogP contribution in [0.2, 0.25) is 0 Å². The topological polar surface area (TPSA) is 151 Å². The van der Waals surface area contributed by atoms with Gasteiger partial charge in [0.05, 0.1) is 16.8 Å². The van der Waals surface area contributed by atoms with E-state index in [0.717, 1.165) is 9.87 Å². The molecule has 1 aliphatic heterocycles. The standard InChI is InChI=1S/C28H29N5O6S2/c1-18(2)12-15-32-27-21(9-6-14-29-27)25(34)24(28(32)35)26-30-22-11-10-20(17-23(22)41(38,39)31-26)33(40(36)37)16-13-19-7-4-3-5-8-19/h3-11,14,17-18,34,40H,12-13,15-16H2,1-2H3,(H,30,31). The molecule has 0 atom stereocenters. The number of pyridine rings is 2. The zero-order valence-corrected chi connectivity index (χ0v) is 24.1. The summed E-state index contributed by atoms with van der Waals surface area (Å²) in [5, 5.41) is 14.2. The van der Waals surface area contributed by atoms with E-state index < -0.39 is 32.2 Å². The van der Waals surface area contributed by atoms with E-state index in [1.54, 1.807) is 12.1 Å². The third-order valence-corrected chi connectivity index (χ3v) is 8.96. The average Bonchev–Trinajstić information content (AvgIpc) is 2.93. The summed E-state index contributed by atoms with van der Waals surface area (Å²) < 4.78 is 57.3. The molecule has 0 saturated carbocycles. The number of hydrogen-bond acceptors (Lipinski definition) is 8. The summed E-state index contributed by atoms with van der Waals surface area (Å²) in [7, 11) is -7.45. The second-order valence-electron chi connectivity index (χ2n) is 10.1. The molecule has 5 rings (SSSR count). The summed E-state index contributed by atoms with van der Waals surface area (Å²) in [6.45, 7) is 4.44. The first kappa shape index (κ1) is 28.3. The number of fused-ring (bicyclic) bond motifs is 2. The van der Waals surface area contributed by atoms with Gasteiger partial charge < -0.3 is 10.4 Å². The van der Waals surface area contributed by atoms with Gasteiger partial charge in [0.2, 0.25) is 10.9 Å². The Kier molecular flexibility index (Phi) is 7.82. The minimum atomic E-state index is -4.39. The van der Waals surface area contributed by atoms with Crippen molar-refractivity contribution in [1.82, 2.24) is 9.55 Å². The zero-order valence-electron chi connectivity index (χ0n) is 22.4. The normalized spacial score (nSPS) is 14.1. The molecule has 11 nitrogen and oxygen atoms in total. The number of amidine groups is 1. The summed E-state index contributed by atoms with van der Waals surface area (Å²) >= 11 is 0. The van der Waals surface area contributed by atoms with Gasteiger partial charge in [0.1, 0.15) is 21.9 Å². The fourth-order valence-electron chi connectivity index (χ4n) is 4.67. The quantitative estimate of drug-likeness (QED) is 0.250. The third-order valence-electron chi connectivity index (χ3n) is 6.82. The smallest absolute Gasteiger partial charge is 0.286 e. The van der Waals surface area contributed by atoms with E-state index in [1.165, 1.54) is 29.0 Å². The van der Waals surface area contributed by atoms with Crippen molar-refractivity contribution >= 4 is 49.2 Å². The van der Waals surface area contributed by atoms with Gasteiger partial charge in [-0.3, -0.25) is 13.7 Å². The van der Waals surface area contributed by atoms with Gasteiger partial charge in [0.15, 0.2) is 5.84 Å². The summed E-state index contributed by atoms with van der Waals surface area (Å²) in [6.07, 6.45) is 2.59. The largest absolute Gasteiger partial charge is 0.506 e. The Morgan fingerprint density at radius 3 is 2.54 bits per heavy atom. The van der Waals surface area contributed by atoms with E-state index in [1.807, 2.05) is 44.2 Å². The van der Waals surface area contributed by atoms with Crippen LogP contribution in [0.1, 0.15) is 31.4 Å². The molecule has 2 aromatic carbocycles. The predicted octanol–water partition coefficient (Wildman–Crippen LogP) is 3.28. The van der Waals surface area contributed by atoms with E-state index in [4.69, 9.17) is 0 Å². The zero-order chi connectivity index (χ0) is 29.3. The maximum Gasteiger partial charge on any atom is 0.286 e. The summed E-state index contributed by atoms with van der Waals surface area (Å²) in [6, 6.07) is 16.7. The number of aryl methyl sites for hydroxylation is 1. The number of thiol groups is 1. The lowest BCUT2D eigenvalue weighted by atomic mass is 10.1. The molecule has 0 radical (unpaired) electrons. The maximum atomic E-state index is 13.6. The minimum Gasteiger partial charge on any atom is -0.506 e. The Labute approximate surface area is 239 Å². The van der Waals surface area contributed by atoms with Crippen molar-refractivity contribution in [2.24, 2.45) is 10.3 Å². The maximum absolute atomic E-state index is 13.6. The van der Waals surface area contributed by atoms with Crippen LogP contribution in [-0.4, -0.2) is 43.9 Å². The molecule has 3 heterocycles. The van der Waals surface area contributed by atoms with Crippen LogP contribution < -0.4 is 15.2 Å². The van der Waals surface area contributed by atoms with Gasteiger partial charge in [-0.1, -0.05) is 44.2 Å². The highest BCUT2D eigenvalue weighted by molar-refractivity contribution is 7.90. The minimum absolute atomic E-state index is 0.0988. The Bertz CT molecular complexity index is 1890. The first-order valence-corrected chi connectivity index (χ1v) is 15.6. The lowest BCUT2D eigenvalue weighted by Gasteiger charge is -2.23. The lowest BCUT2D eigenvalue weighted by Crippen LogP contribution is -2.33. The molecule has 214 valence electrons. The van der Waals surface area contributed by atoms with E-state index in [2.05, 4.69) is 14.7 Å². The number of benzene rings is 2. The van der Waals surface area contributed by atoms with E-state index in [9.17, 15) is 26.7 Å². The van der Waals surface area contributed by atoms with Crippen LogP contribution in [-0.2, 0) is 33.9 Å². The molecule has 1 aliphatic rings. The molecule has 0 amide bonds. The van der Waals surface area contributed by atoms with Crippen molar-refractivity contribution in [2.75, 3.05) is 16.2 Å². The van der Waals surface area contributed by atoms with Crippen LogP contribution in [0.3, 0.4) is 0 Å². The molecule has 0 unspecified atom stereocenters. The van der Waals surface area contributed by atoms with Crippen LogP contribution in [0.5, 0.6) is 5.75 Å². The van der Waals surface area contributed by atoms with Crippen molar-refractivity contribution in [3.05, 3.63) is 88.3 Å². The van der Waals surface area contributed by atoms with Crippen LogP contribution in [0.25, 0.3) is 11.0 Å². The molecule has 0 spiro atoms. The molecule has 13 heteroatoms. The molecule has 0 saturated heterocycles. The van der Waals surface area contributed by atoms with E-state index in [0.29, 0.717) is 19.4 Å². The number of rotatable bonds is 9. The Morgan fingerprint density at radius 1 is 1.07 bits per heavy atom. The third kappa shape index (κ3) is 5.68. The van der Waals surface area contributed by atoms with Gasteiger partial charge in [-0.05, 0) is 54.7 Å². The Morgan fingerprint density at radius 2 is 1.83 bits per heavy atom. The van der Waals surface area contributed by atoms with Crippen LogP contribution >= 0.6 is 0 Å². The summed E-state index contributed by atoms with van der Waals surface area (Å²) in [5.41, 5.74) is 0.550. The second-order valence-corrected chi connectivity index (χ2v) is 12.6. The Hall–Kier alpha value is -4.23. The van der Waals surface area contributed by atoms with Crippen LogP contribution in [0.4, 0.5) is 11.4 Å². The van der Waals surface area contributed by atoms with Crippen molar-refractivity contribution in [2.45, 2.75) is 38.1 Å². The van der Waals surface area contributed by atoms with Gasteiger partial charge in [-0.15, -0.1) is 4.40 Å². The van der Waals surface area contributed by atoms with E-state index in [-0.39, 0.29) is 51.2 Å². The predicted molar refractivity (Wildman–Crippen MR) is 159 cm³/mol. The van der Waals surface area contributed by atoms with Gasteiger partial charge in [0.25, 0.3) is 15.6 Å². The molecule has 41 heavy (non-hydrogen) atoms. The van der Waals surface area contributed by atoms with Crippen molar-refractivity contribution in [3.8, 4) is 5.75 Å². The summed E-state index contributed by atoms with van der Waals surface area (Å²) in [5.74, 6) is -0.482. The van der Waals surface area contributed by atoms with Gasteiger partial charge in [0, 0.05) is 19.3 Å². The molecule has 2 N–H and O–H groups in total. The number of nitrogens with one attached hydrogen (secondary N) is 1. The first-order valence-electron chi connectivity index (χ1n) is 13.0. The van der Waals surface area contributed by atoms with Crippen LogP contribution in [0.15, 0.2) is 80.9 Å². The SMILES string of the molecule is CC(C)CCn1c(=O)c(C2=NS(=O)(=O)c3cc(N(CCc4ccccc4)[SH](=O)=O)ccc3N2)c(O)c2cccnc21. The number of anilines is 2. The number of aromatic nitrogens is 2. The van der Waals surface area contributed by atoms with Crippen molar-refractivity contribution in [3.63, 3.8) is 0 Å². The number of sulfonamides is 1. The van der Waals surface area contributed by atoms with Crippen LogP contribution in [0, 0.1) is 5.92 Å². The fourth-order valence-corrected chi connectivity index (χ4v) is 6.39. The van der Waals surface area contributed by atoms with Gasteiger partial charge >= 0.3 is 0 Å². The Balaban J connectivity index is 1.55. The van der Waals surface area contributed by atoms with Crippen molar-refractivity contribution < 1.29 is 21.9 Å². The number of aromatic hydroxyl groups is 1. The lowest BCUT2D eigenvalue weighted by molar-refractivity contribution is 0.473. The highest BCUT2D eigenvalue weighted by Gasteiger charge is 2.31. The molecule has 0 bridgehead atoms. The molecule has 2 aromatic heterocycles. The van der Waals surface area contributed by atoms with E-state index >= 15 is 0 Å². The molecule has 0 fully saturated rings. The van der Waals surface area contributed by atoms with Crippen molar-refractivity contribution in [1.29, 1.82) is 0 Å². The molecular formula is C28H29N5O6S2. The monoisotopic (exact) mass is 595 g/mol. The van der Waals surface area contributed by atoms with Gasteiger partial charge in [-0.2, -0.15) is 8.42 Å². The molecule has 0 aliphatic carbocycles. The average molecular weight is 596 g/mol. The highest BCUT2D eigenvalue weighted by atomic mass is 32.2. The number of nitrogens with zero attached hydrogens (tertiary/aromatic N) is 4. The number of hydrogen-bond donors (Lipinski definition) is 3. The molecule has 4 aromatic rings. The van der Waals surface area contributed by atoms with Gasteiger partial charge in [-0.25, -0.2) is 13.4 Å². The molecular weight excluding hydrogens is 566 g/mol.